The fourth-order valence-corrected chi connectivity index (χ4v) is 3.64. The third kappa shape index (κ3) is 3.52. The van der Waals surface area contributed by atoms with Gasteiger partial charge in [0.2, 0.25) is 5.91 Å². The summed E-state index contributed by atoms with van der Waals surface area (Å²) in [5.74, 6) is 1.29. The lowest BCUT2D eigenvalue weighted by atomic mass is 10.00. The van der Waals surface area contributed by atoms with Crippen molar-refractivity contribution in [1.29, 1.82) is 0 Å². The minimum atomic E-state index is -0.249. The minimum absolute atomic E-state index is 0.119. The quantitative estimate of drug-likeness (QED) is 0.843. The number of hydrogen-bond acceptors (Lipinski definition) is 4. The van der Waals surface area contributed by atoms with Crippen LogP contribution in [-0.4, -0.2) is 43.2 Å². The summed E-state index contributed by atoms with van der Waals surface area (Å²) in [6.07, 6.45) is 4.15. The number of nitrogens with zero attached hydrogens (tertiary/aromatic N) is 5. The summed E-state index contributed by atoms with van der Waals surface area (Å²) in [5.41, 5.74) is 0.232. The Kier molecular flexibility index (Phi) is 4.90. The van der Waals surface area contributed by atoms with Gasteiger partial charge in [-0.1, -0.05) is 6.92 Å². The Morgan fingerprint density at radius 2 is 2.08 bits per heavy atom. The molecule has 1 atom stereocenters. The summed E-state index contributed by atoms with van der Waals surface area (Å²) in [6, 6.07) is 0. The van der Waals surface area contributed by atoms with E-state index < -0.39 is 0 Å². The Morgan fingerprint density at radius 3 is 2.73 bits per heavy atom. The van der Waals surface area contributed by atoms with E-state index in [9.17, 15) is 9.59 Å². The maximum absolute atomic E-state index is 12.9. The lowest BCUT2D eigenvalue weighted by Crippen LogP contribution is -2.40. The van der Waals surface area contributed by atoms with E-state index in [4.69, 9.17) is 0 Å². The maximum Gasteiger partial charge on any atom is 0.264 e. The second-order valence-corrected chi connectivity index (χ2v) is 8.42. The summed E-state index contributed by atoms with van der Waals surface area (Å²) in [7, 11) is 0. The molecule has 3 heterocycles. The highest BCUT2D eigenvalue weighted by Crippen LogP contribution is 2.19. The van der Waals surface area contributed by atoms with Crippen molar-refractivity contribution in [3.63, 3.8) is 0 Å². The minimum Gasteiger partial charge on any atom is -0.342 e. The smallest absolute Gasteiger partial charge is 0.264 e. The number of carbonyl (C=O) groups excluding carboxylic acids is 1. The van der Waals surface area contributed by atoms with Gasteiger partial charge >= 0.3 is 0 Å². The molecule has 1 amide bonds. The van der Waals surface area contributed by atoms with E-state index in [0.717, 1.165) is 19.5 Å². The van der Waals surface area contributed by atoms with Gasteiger partial charge in [-0.3, -0.25) is 14.2 Å². The number of carbonyl (C=O) groups is 1. The van der Waals surface area contributed by atoms with Crippen LogP contribution >= 0.6 is 0 Å². The van der Waals surface area contributed by atoms with Crippen molar-refractivity contribution in [2.24, 2.45) is 5.92 Å². The van der Waals surface area contributed by atoms with Gasteiger partial charge in [0.05, 0.1) is 11.7 Å². The highest BCUT2D eigenvalue weighted by molar-refractivity contribution is 5.76. The summed E-state index contributed by atoms with van der Waals surface area (Å²) >= 11 is 0. The molecule has 1 aliphatic heterocycles. The standard InChI is InChI=1S/C19H29N5O2/c1-13-7-6-9-22(12-13)16(25)8-10-23-14(2)21-17-15(18(23)26)11-20-24(17)19(3,4)5/h11,13H,6-10,12H2,1-5H3. The molecule has 3 rings (SSSR count). The topological polar surface area (TPSA) is 73.0 Å². The molecule has 2 aromatic heterocycles. The lowest BCUT2D eigenvalue weighted by molar-refractivity contribution is -0.133. The average molecular weight is 359 g/mol. The van der Waals surface area contributed by atoms with Crippen molar-refractivity contribution in [2.75, 3.05) is 13.1 Å². The molecule has 1 fully saturated rings. The predicted molar refractivity (Wildman–Crippen MR) is 101 cm³/mol. The zero-order valence-corrected chi connectivity index (χ0v) is 16.4. The molecule has 7 heteroatoms. The van der Waals surface area contributed by atoms with Crippen LogP contribution in [0.25, 0.3) is 11.0 Å². The van der Waals surface area contributed by atoms with Gasteiger partial charge in [-0.25, -0.2) is 9.67 Å². The van der Waals surface area contributed by atoms with Gasteiger partial charge < -0.3 is 4.90 Å². The van der Waals surface area contributed by atoms with E-state index in [1.807, 2.05) is 32.6 Å². The van der Waals surface area contributed by atoms with Crippen LogP contribution in [0, 0.1) is 12.8 Å². The average Bonchev–Trinajstić information content (AvgIpc) is 2.98. The molecule has 0 bridgehead atoms. The summed E-state index contributed by atoms with van der Waals surface area (Å²) < 4.78 is 3.38. The van der Waals surface area contributed by atoms with E-state index >= 15 is 0 Å². The number of hydrogen-bond donors (Lipinski definition) is 0. The Hall–Kier alpha value is -2.18. The Morgan fingerprint density at radius 1 is 1.35 bits per heavy atom. The first-order chi connectivity index (χ1) is 12.2. The second-order valence-electron chi connectivity index (χ2n) is 8.42. The van der Waals surface area contributed by atoms with Crippen LogP contribution in [0.1, 0.15) is 52.8 Å². The van der Waals surface area contributed by atoms with Gasteiger partial charge in [-0.2, -0.15) is 5.10 Å². The molecule has 0 aromatic carbocycles. The van der Waals surface area contributed by atoms with Crippen LogP contribution in [0.3, 0.4) is 0 Å². The van der Waals surface area contributed by atoms with Crippen LogP contribution in [0.5, 0.6) is 0 Å². The molecule has 0 saturated carbocycles. The van der Waals surface area contributed by atoms with Crippen LogP contribution in [0.2, 0.25) is 0 Å². The van der Waals surface area contributed by atoms with Gasteiger partial charge in [-0.15, -0.1) is 0 Å². The summed E-state index contributed by atoms with van der Waals surface area (Å²) in [5, 5.41) is 4.86. The highest BCUT2D eigenvalue weighted by Gasteiger charge is 2.23. The molecule has 0 aliphatic carbocycles. The van der Waals surface area contributed by atoms with Crippen molar-refractivity contribution in [1.82, 2.24) is 24.2 Å². The molecule has 142 valence electrons. The molecular weight excluding hydrogens is 330 g/mol. The fourth-order valence-electron chi connectivity index (χ4n) is 3.64. The third-order valence-electron chi connectivity index (χ3n) is 5.07. The molecule has 2 aromatic rings. The SMILES string of the molecule is Cc1nc2c(cnn2C(C)(C)C)c(=O)n1CCC(=O)N1CCCC(C)C1. The molecule has 0 radical (unpaired) electrons. The number of likely N-dealkylation sites (tertiary alicyclic amines) is 1. The number of fused-ring (bicyclic) bond motifs is 1. The van der Waals surface area contributed by atoms with Crippen molar-refractivity contribution in [3.8, 4) is 0 Å². The van der Waals surface area contributed by atoms with Crippen LogP contribution in [0.4, 0.5) is 0 Å². The third-order valence-corrected chi connectivity index (χ3v) is 5.07. The lowest BCUT2D eigenvalue weighted by Gasteiger charge is -2.31. The maximum atomic E-state index is 12.9. The number of rotatable bonds is 3. The van der Waals surface area contributed by atoms with Crippen molar-refractivity contribution < 1.29 is 4.79 Å². The van der Waals surface area contributed by atoms with Gasteiger partial charge in [0.25, 0.3) is 5.56 Å². The monoisotopic (exact) mass is 359 g/mol. The van der Waals surface area contributed by atoms with E-state index in [-0.39, 0.29) is 17.0 Å². The fraction of sp³-hybridized carbons (Fsp3) is 0.684. The molecule has 26 heavy (non-hydrogen) atoms. The molecule has 1 saturated heterocycles. The molecule has 0 N–H and O–H groups in total. The number of aromatic nitrogens is 4. The van der Waals surface area contributed by atoms with E-state index in [1.54, 1.807) is 15.4 Å². The van der Waals surface area contributed by atoms with Crippen LogP contribution in [0.15, 0.2) is 11.0 Å². The van der Waals surface area contributed by atoms with E-state index in [1.165, 1.54) is 6.42 Å². The van der Waals surface area contributed by atoms with Crippen molar-refractivity contribution in [3.05, 3.63) is 22.4 Å². The van der Waals surface area contributed by atoms with Crippen LogP contribution < -0.4 is 5.56 Å². The van der Waals surface area contributed by atoms with E-state index in [0.29, 0.717) is 35.7 Å². The first kappa shape index (κ1) is 18.6. The number of aryl methyl sites for hydroxylation is 1. The summed E-state index contributed by atoms with van der Waals surface area (Å²) in [6.45, 7) is 12.1. The number of piperidine rings is 1. The zero-order valence-electron chi connectivity index (χ0n) is 16.4. The molecular formula is C19H29N5O2. The molecule has 1 aliphatic rings. The van der Waals surface area contributed by atoms with Crippen molar-refractivity contribution >= 4 is 16.9 Å². The van der Waals surface area contributed by atoms with Gasteiger partial charge in [0.15, 0.2) is 5.65 Å². The Labute approximate surface area is 154 Å². The first-order valence-electron chi connectivity index (χ1n) is 9.42. The normalized spacial score (nSPS) is 18.5. The van der Waals surface area contributed by atoms with Gasteiger partial charge in [0.1, 0.15) is 11.2 Å². The van der Waals surface area contributed by atoms with Crippen LogP contribution in [-0.2, 0) is 16.9 Å². The molecule has 7 nitrogen and oxygen atoms in total. The van der Waals surface area contributed by atoms with Crippen molar-refractivity contribution in [2.45, 2.75) is 66.0 Å². The molecule has 0 spiro atoms. The van der Waals surface area contributed by atoms with E-state index in [2.05, 4.69) is 17.0 Å². The summed E-state index contributed by atoms with van der Waals surface area (Å²) in [4.78, 5) is 31.9. The second kappa shape index (κ2) is 6.85. The zero-order chi connectivity index (χ0) is 19.1. The Balaban J connectivity index is 1.82. The predicted octanol–water partition coefficient (Wildman–Crippen LogP) is 2.31. The van der Waals surface area contributed by atoms with Gasteiger partial charge in [0, 0.05) is 26.1 Å². The largest absolute Gasteiger partial charge is 0.342 e. The highest BCUT2D eigenvalue weighted by atomic mass is 16.2. The first-order valence-corrected chi connectivity index (χ1v) is 9.42. The number of amides is 1. The molecule has 1 unspecified atom stereocenters. The Bertz CT molecular complexity index is 874. The van der Waals surface area contributed by atoms with Gasteiger partial charge in [-0.05, 0) is 46.5 Å².